The van der Waals surface area contributed by atoms with Gasteiger partial charge in [-0.1, -0.05) is 25.5 Å². The van der Waals surface area contributed by atoms with Gasteiger partial charge in [-0.2, -0.15) is 0 Å². The van der Waals surface area contributed by atoms with E-state index in [1.807, 2.05) is 19.3 Å². The second kappa shape index (κ2) is 7.12. The quantitative estimate of drug-likeness (QED) is 0.607. The van der Waals surface area contributed by atoms with Gasteiger partial charge in [0.2, 0.25) is 0 Å². The number of ketones is 1. The SMILES string of the molecule is CS/C=C(/C)C(=O)O[C@@H]1CCC2=CC(=O)C(C(C)(C)O)=C[C@]2(C)[C@H]1C. The summed E-state index contributed by atoms with van der Waals surface area (Å²) >= 11 is 1.47. The van der Waals surface area contributed by atoms with Crippen LogP contribution in [0.4, 0.5) is 0 Å². The summed E-state index contributed by atoms with van der Waals surface area (Å²) in [6.45, 7) is 9.12. The maximum Gasteiger partial charge on any atom is 0.334 e. The molecule has 0 aromatic rings. The largest absolute Gasteiger partial charge is 0.459 e. The van der Waals surface area contributed by atoms with Gasteiger partial charge in [-0.05, 0) is 51.4 Å². The third-order valence-electron chi connectivity index (χ3n) is 5.44. The Morgan fingerprint density at radius 3 is 2.68 bits per heavy atom. The molecule has 2 aliphatic rings. The van der Waals surface area contributed by atoms with Gasteiger partial charge in [-0.25, -0.2) is 4.79 Å². The summed E-state index contributed by atoms with van der Waals surface area (Å²) in [5.74, 6) is -0.397. The Morgan fingerprint density at radius 1 is 1.48 bits per heavy atom. The minimum absolute atomic E-state index is 0.0176. The molecule has 0 aromatic heterocycles. The van der Waals surface area contributed by atoms with Gasteiger partial charge in [0.05, 0.1) is 5.60 Å². The number of allylic oxidation sites excluding steroid dienone is 3. The van der Waals surface area contributed by atoms with Crippen molar-refractivity contribution in [2.24, 2.45) is 11.3 Å². The lowest BCUT2D eigenvalue weighted by molar-refractivity contribution is -0.150. The highest BCUT2D eigenvalue weighted by molar-refractivity contribution is 8.01. The van der Waals surface area contributed by atoms with Crippen molar-refractivity contribution in [2.45, 2.75) is 59.2 Å². The lowest BCUT2D eigenvalue weighted by Gasteiger charge is -2.46. The molecule has 4 nitrogen and oxygen atoms in total. The van der Waals surface area contributed by atoms with E-state index >= 15 is 0 Å². The summed E-state index contributed by atoms with van der Waals surface area (Å²) in [6, 6.07) is 0. The fourth-order valence-corrected chi connectivity index (χ4v) is 4.10. The van der Waals surface area contributed by atoms with Crippen LogP contribution in [0.5, 0.6) is 0 Å². The molecule has 1 saturated carbocycles. The normalized spacial score (nSPS) is 30.4. The van der Waals surface area contributed by atoms with Crippen LogP contribution in [-0.2, 0) is 14.3 Å². The molecule has 2 aliphatic carbocycles. The number of carbonyl (C=O) groups excluding carboxylic acids is 2. The van der Waals surface area contributed by atoms with Crippen molar-refractivity contribution in [3.8, 4) is 0 Å². The molecule has 138 valence electrons. The summed E-state index contributed by atoms with van der Waals surface area (Å²) < 4.78 is 5.76. The van der Waals surface area contributed by atoms with Crippen molar-refractivity contribution in [3.63, 3.8) is 0 Å². The van der Waals surface area contributed by atoms with Crippen molar-refractivity contribution < 1.29 is 19.4 Å². The number of ether oxygens (including phenoxy) is 1. The van der Waals surface area contributed by atoms with Gasteiger partial charge in [0.15, 0.2) is 5.78 Å². The highest BCUT2D eigenvalue weighted by atomic mass is 32.2. The maximum atomic E-state index is 12.4. The fourth-order valence-electron chi connectivity index (χ4n) is 3.65. The zero-order valence-corrected chi connectivity index (χ0v) is 16.7. The van der Waals surface area contributed by atoms with Crippen molar-refractivity contribution in [2.75, 3.05) is 6.26 Å². The molecule has 0 heterocycles. The predicted molar refractivity (Wildman–Crippen MR) is 101 cm³/mol. The fraction of sp³-hybridized carbons (Fsp3) is 0.600. The number of thioether (sulfide) groups is 1. The van der Waals surface area contributed by atoms with Gasteiger partial charge >= 0.3 is 5.97 Å². The molecular weight excluding hydrogens is 336 g/mol. The van der Waals surface area contributed by atoms with Crippen LogP contribution in [-0.4, -0.2) is 34.8 Å². The monoisotopic (exact) mass is 364 g/mol. The zero-order valence-electron chi connectivity index (χ0n) is 15.9. The van der Waals surface area contributed by atoms with E-state index in [1.165, 1.54) is 11.8 Å². The molecule has 0 spiro atoms. The summed E-state index contributed by atoms with van der Waals surface area (Å²) in [4.78, 5) is 24.6. The first-order valence-electron chi connectivity index (χ1n) is 8.62. The molecule has 0 aliphatic heterocycles. The Morgan fingerprint density at radius 2 is 2.12 bits per heavy atom. The van der Waals surface area contributed by atoms with Crippen LogP contribution in [0.3, 0.4) is 0 Å². The van der Waals surface area contributed by atoms with E-state index < -0.39 is 11.0 Å². The molecule has 5 heteroatoms. The Labute approximate surface area is 154 Å². The third kappa shape index (κ3) is 3.93. The highest BCUT2D eigenvalue weighted by Gasteiger charge is 2.47. The second-order valence-electron chi connectivity index (χ2n) is 7.74. The van der Waals surface area contributed by atoms with Crippen LogP contribution in [0, 0.1) is 11.3 Å². The molecule has 0 unspecified atom stereocenters. The number of fused-ring (bicyclic) bond motifs is 1. The summed E-state index contributed by atoms with van der Waals surface area (Å²) in [5, 5.41) is 12.1. The van der Waals surface area contributed by atoms with E-state index in [0.29, 0.717) is 24.0 Å². The molecule has 1 N–H and O–H groups in total. The molecule has 0 amide bonds. The van der Waals surface area contributed by atoms with Gasteiger partial charge in [0, 0.05) is 22.5 Å². The standard InChI is InChI=1S/C20H28O4S/c1-12(11-25-6)18(22)24-17-8-7-14-9-16(21)15(19(3,4)23)10-20(14,5)13(17)2/h9-11,13,17,23H,7-8H2,1-6H3/b12-11-/t13-,17+,20+/m0/s1. The van der Waals surface area contributed by atoms with Gasteiger partial charge in [-0.3, -0.25) is 4.79 Å². The van der Waals surface area contributed by atoms with Crippen molar-refractivity contribution in [1.29, 1.82) is 0 Å². The molecule has 0 aromatic carbocycles. The van der Waals surface area contributed by atoms with E-state index in [4.69, 9.17) is 4.74 Å². The first-order chi connectivity index (χ1) is 11.5. The number of rotatable bonds is 4. The smallest absolute Gasteiger partial charge is 0.334 e. The predicted octanol–water partition coefficient (Wildman–Crippen LogP) is 3.81. The topological polar surface area (TPSA) is 63.6 Å². The number of hydrogen-bond acceptors (Lipinski definition) is 5. The van der Waals surface area contributed by atoms with E-state index in [-0.39, 0.29) is 23.8 Å². The average molecular weight is 365 g/mol. The Bertz CT molecular complexity index is 666. The van der Waals surface area contributed by atoms with Crippen LogP contribution in [0.1, 0.15) is 47.5 Å². The van der Waals surface area contributed by atoms with Crippen LogP contribution < -0.4 is 0 Å². The number of carbonyl (C=O) groups is 2. The van der Waals surface area contributed by atoms with Gasteiger partial charge in [0.1, 0.15) is 6.10 Å². The number of esters is 1. The van der Waals surface area contributed by atoms with Gasteiger partial charge in [0.25, 0.3) is 0 Å². The molecule has 25 heavy (non-hydrogen) atoms. The summed E-state index contributed by atoms with van der Waals surface area (Å²) in [5.41, 5.74) is 0.475. The minimum atomic E-state index is -1.19. The third-order valence-corrected chi connectivity index (χ3v) is 6.03. The van der Waals surface area contributed by atoms with Crippen LogP contribution >= 0.6 is 11.8 Å². The Hall–Kier alpha value is -1.33. The first kappa shape index (κ1) is 20.0. The lowest BCUT2D eigenvalue weighted by Crippen LogP contribution is -2.44. The molecule has 2 rings (SSSR count). The second-order valence-corrected chi connectivity index (χ2v) is 8.45. The molecule has 0 saturated heterocycles. The molecule has 1 fully saturated rings. The Balaban J connectivity index is 2.30. The molecular formula is C20H28O4S. The molecule has 0 radical (unpaired) electrons. The maximum absolute atomic E-state index is 12.4. The van der Waals surface area contributed by atoms with Crippen molar-refractivity contribution in [1.82, 2.24) is 0 Å². The lowest BCUT2D eigenvalue weighted by atomic mass is 9.60. The number of hydrogen-bond donors (Lipinski definition) is 1. The molecule has 3 atom stereocenters. The average Bonchev–Trinajstić information content (AvgIpc) is 2.51. The zero-order chi connectivity index (χ0) is 19.0. The van der Waals surface area contributed by atoms with E-state index in [2.05, 4.69) is 6.92 Å². The minimum Gasteiger partial charge on any atom is -0.459 e. The summed E-state index contributed by atoms with van der Waals surface area (Å²) in [7, 11) is 0. The van der Waals surface area contributed by atoms with Gasteiger partial charge in [-0.15, -0.1) is 11.8 Å². The van der Waals surface area contributed by atoms with Crippen LogP contribution in [0.15, 0.2) is 34.3 Å². The van der Waals surface area contributed by atoms with Crippen LogP contribution in [0.2, 0.25) is 0 Å². The van der Waals surface area contributed by atoms with E-state index in [9.17, 15) is 14.7 Å². The van der Waals surface area contributed by atoms with Crippen LogP contribution in [0.25, 0.3) is 0 Å². The van der Waals surface area contributed by atoms with Crippen molar-refractivity contribution >= 4 is 23.5 Å². The summed E-state index contributed by atoms with van der Waals surface area (Å²) in [6.07, 6.45) is 6.67. The van der Waals surface area contributed by atoms with Gasteiger partial charge < -0.3 is 9.84 Å². The van der Waals surface area contributed by atoms with E-state index in [0.717, 1.165) is 5.57 Å². The molecule has 0 bridgehead atoms. The first-order valence-corrected chi connectivity index (χ1v) is 9.91. The van der Waals surface area contributed by atoms with E-state index in [1.54, 1.807) is 32.3 Å². The highest BCUT2D eigenvalue weighted by Crippen LogP contribution is 2.50. The Kier molecular flexibility index (Phi) is 5.69. The van der Waals surface area contributed by atoms with Crippen molar-refractivity contribution in [3.05, 3.63) is 34.3 Å². The number of aliphatic hydroxyl groups is 1.